The molecule has 0 saturated carbocycles. The molecule has 0 aliphatic rings. The summed E-state index contributed by atoms with van der Waals surface area (Å²) in [5, 5.41) is 8.58. The fraction of sp³-hybridized carbons (Fsp3) is 0.286. The standard InChI is InChI=1S/C7H7F3N2O/c8-5-3(2-13)1-4(6(9)10)12-7(5)11/h1,6,13H,2H2,(H2,11,12). The summed E-state index contributed by atoms with van der Waals surface area (Å²) >= 11 is 0. The van der Waals surface area contributed by atoms with Crippen molar-refractivity contribution in [1.29, 1.82) is 0 Å². The normalized spacial score (nSPS) is 10.8. The number of aliphatic hydroxyl groups is 1. The summed E-state index contributed by atoms with van der Waals surface area (Å²) in [5.41, 5.74) is 4.09. The van der Waals surface area contributed by atoms with Crippen LogP contribution in [0.5, 0.6) is 0 Å². The Balaban J connectivity index is 3.22. The van der Waals surface area contributed by atoms with Gasteiger partial charge in [-0.3, -0.25) is 0 Å². The average molecular weight is 192 g/mol. The van der Waals surface area contributed by atoms with Gasteiger partial charge in [-0.25, -0.2) is 18.2 Å². The van der Waals surface area contributed by atoms with E-state index in [0.717, 1.165) is 6.07 Å². The first kappa shape index (κ1) is 9.79. The van der Waals surface area contributed by atoms with Crippen LogP contribution in [-0.2, 0) is 6.61 Å². The molecule has 1 heterocycles. The van der Waals surface area contributed by atoms with E-state index in [1.54, 1.807) is 0 Å². The zero-order valence-corrected chi connectivity index (χ0v) is 6.47. The Kier molecular flexibility index (Phi) is 2.72. The third-order valence-electron chi connectivity index (χ3n) is 1.47. The van der Waals surface area contributed by atoms with Gasteiger partial charge in [-0.15, -0.1) is 0 Å². The van der Waals surface area contributed by atoms with Crippen LogP contribution in [0.25, 0.3) is 0 Å². The van der Waals surface area contributed by atoms with Gasteiger partial charge in [-0.1, -0.05) is 0 Å². The van der Waals surface area contributed by atoms with Crippen LogP contribution < -0.4 is 5.73 Å². The fourth-order valence-electron chi connectivity index (χ4n) is 0.854. The topological polar surface area (TPSA) is 59.1 Å². The van der Waals surface area contributed by atoms with Crippen LogP contribution in [0.3, 0.4) is 0 Å². The van der Waals surface area contributed by atoms with Crippen LogP contribution in [0, 0.1) is 5.82 Å². The number of nitrogens with two attached hydrogens (primary N) is 1. The lowest BCUT2D eigenvalue weighted by molar-refractivity contribution is 0.145. The van der Waals surface area contributed by atoms with E-state index >= 15 is 0 Å². The summed E-state index contributed by atoms with van der Waals surface area (Å²) in [6.45, 7) is -0.682. The molecule has 0 aliphatic carbocycles. The number of aliphatic hydroxyl groups excluding tert-OH is 1. The van der Waals surface area contributed by atoms with Crippen molar-refractivity contribution in [2.75, 3.05) is 5.73 Å². The van der Waals surface area contributed by atoms with Gasteiger partial charge < -0.3 is 10.8 Å². The Bertz CT molecular complexity index is 317. The first-order chi connectivity index (χ1) is 6.06. The van der Waals surface area contributed by atoms with Crippen molar-refractivity contribution in [3.63, 3.8) is 0 Å². The molecule has 0 saturated heterocycles. The van der Waals surface area contributed by atoms with Crippen molar-refractivity contribution in [2.24, 2.45) is 0 Å². The second-order valence-corrected chi connectivity index (χ2v) is 2.36. The number of alkyl halides is 2. The molecule has 0 radical (unpaired) electrons. The predicted molar refractivity (Wildman–Crippen MR) is 39.5 cm³/mol. The summed E-state index contributed by atoms with van der Waals surface area (Å²) in [7, 11) is 0. The minimum atomic E-state index is -2.83. The number of aromatic nitrogens is 1. The van der Waals surface area contributed by atoms with E-state index in [0.29, 0.717) is 0 Å². The van der Waals surface area contributed by atoms with Gasteiger partial charge in [-0.05, 0) is 6.07 Å². The van der Waals surface area contributed by atoms with Gasteiger partial charge >= 0.3 is 0 Å². The lowest BCUT2D eigenvalue weighted by atomic mass is 10.2. The smallest absolute Gasteiger partial charge is 0.280 e. The molecule has 0 amide bonds. The van der Waals surface area contributed by atoms with Crippen LogP contribution in [0.15, 0.2) is 6.07 Å². The molecule has 1 rings (SSSR count). The molecule has 0 bridgehead atoms. The predicted octanol–water partition coefficient (Wildman–Crippen LogP) is 1.23. The molecular weight excluding hydrogens is 185 g/mol. The van der Waals surface area contributed by atoms with Gasteiger partial charge in [0, 0.05) is 5.56 Å². The number of nitrogen functional groups attached to an aromatic ring is 1. The molecule has 0 fully saturated rings. The maximum atomic E-state index is 12.9. The van der Waals surface area contributed by atoms with Crippen molar-refractivity contribution in [1.82, 2.24) is 4.98 Å². The van der Waals surface area contributed by atoms with Crippen LogP contribution >= 0.6 is 0 Å². The Labute approximate surface area is 72.0 Å². The van der Waals surface area contributed by atoms with Crippen LogP contribution in [0.4, 0.5) is 19.0 Å². The van der Waals surface area contributed by atoms with E-state index in [-0.39, 0.29) is 5.56 Å². The minimum absolute atomic E-state index is 0.275. The monoisotopic (exact) mass is 192 g/mol. The summed E-state index contributed by atoms with van der Waals surface area (Å²) in [5.74, 6) is -1.58. The van der Waals surface area contributed by atoms with E-state index in [1.165, 1.54) is 0 Å². The van der Waals surface area contributed by atoms with Crippen LogP contribution in [0.1, 0.15) is 17.7 Å². The van der Waals surface area contributed by atoms with Crippen LogP contribution in [-0.4, -0.2) is 10.1 Å². The Morgan fingerprint density at radius 1 is 1.54 bits per heavy atom. The Morgan fingerprint density at radius 2 is 2.15 bits per heavy atom. The lowest BCUT2D eigenvalue weighted by Crippen LogP contribution is -2.04. The third-order valence-corrected chi connectivity index (χ3v) is 1.47. The molecule has 3 N–H and O–H groups in total. The first-order valence-corrected chi connectivity index (χ1v) is 3.40. The number of halogens is 3. The second kappa shape index (κ2) is 3.61. The van der Waals surface area contributed by atoms with Crippen molar-refractivity contribution in [3.8, 4) is 0 Å². The number of hydrogen-bond acceptors (Lipinski definition) is 3. The SMILES string of the molecule is Nc1nc(C(F)F)cc(CO)c1F. The number of nitrogens with zero attached hydrogens (tertiary/aromatic N) is 1. The van der Waals surface area contributed by atoms with E-state index in [4.69, 9.17) is 10.8 Å². The molecule has 1 aromatic heterocycles. The highest BCUT2D eigenvalue weighted by Gasteiger charge is 2.15. The molecule has 13 heavy (non-hydrogen) atoms. The largest absolute Gasteiger partial charge is 0.392 e. The van der Waals surface area contributed by atoms with Gasteiger partial charge in [0.15, 0.2) is 11.6 Å². The summed E-state index contributed by atoms with van der Waals surface area (Å²) in [6, 6.07) is 0.788. The van der Waals surface area contributed by atoms with Crippen molar-refractivity contribution in [3.05, 3.63) is 23.1 Å². The number of anilines is 1. The first-order valence-electron chi connectivity index (χ1n) is 3.40. The zero-order chi connectivity index (χ0) is 10.0. The zero-order valence-electron chi connectivity index (χ0n) is 6.47. The molecular formula is C7H7F3N2O. The molecule has 0 aromatic carbocycles. The summed E-state index contributed by atoms with van der Waals surface area (Å²) in [4.78, 5) is 3.12. The van der Waals surface area contributed by atoms with E-state index in [2.05, 4.69) is 4.98 Å². The van der Waals surface area contributed by atoms with Gasteiger partial charge in [0.1, 0.15) is 5.69 Å². The maximum Gasteiger partial charge on any atom is 0.280 e. The minimum Gasteiger partial charge on any atom is -0.392 e. The third kappa shape index (κ3) is 1.89. The summed E-state index contributed by atoms with van der Waals surface area (Å²) < 4.78 is 37.0. The highest BCUT2D eigenvalue weighted by atomic mass is 19.3. The lowest BCUT2D eigenvalue weighted by Gasteiger charge is -2.05. The number of rotatable bonds is 2. The molecule has 72 valence electrons. The highest BCUT2D eigenvalue weighted by Crippen LogP contribution is 2.22. The van der Waals surface area contributed by atoms with Gasteiger partial charge in [0.05, 0.1) is 6.61 Å². The second-order valence-electron chi connectivity index (χ2n) is 2.36. The van der Waals surface area contributed by atoms with Gasteiger partial charge in [-0.2, -0.15) is 0 Å². The van der Waals surface area contributed by atoms with Crippen molar-refractivity contribution < 1.29 is 18.3 Å². The molecule has 6 heteroatoms. The molecule has 0 atom stereocenters. The quantitative estimate of drug-likeness (QED) is 0.740. The van der Waals surface area contributed by atoms with E-state index in [1.807, 2.05) is 0 Å². The van der Waals surface area contributed by atoms with E-state index < -0.39 is 30.4 Å². The molecule has 0 unspecified atom stereocenters. The molecule has 1 aromatic rings. The molecule has 3 nitrogen and oxygen atoms in total. The highest BCUT2D eigenvalue weighted by molar-refractivity contribution is 5.37. The molecule has 0 spiro atoms. The number of hydrogen-bond donors (Lipinski definition) is 2. The van der Waals surface area contributed by atoms with E-state index in [9.17, 15) is 13.2 Å². The Morgan fingerprint density at radius 3 is 2.62 bits per heavy atom. The molecule has 0 aliphatic heterocycles. The Hall–Kier alpha value is -1.30. The fourth-order valence-corrected chi connectivity index (χ4v) is 0.854. The van der Waals surface area contributed by atoms with Crippen LogP contribution in [0.2, 0.25) is 0 Å². The number of pyridine rings is 1. The van der Waals surface area contributed by atoms with Gasteiger partial charge in [0.25, 0.3) is 6.43 Å². The van der Waals surface area contributed by atoms with Gasteiger partial charge in [0.2, 0.25) is 0 Å². The van der Waals surface area contributed by atoms with Crippen molar-refractivity contribution in [2.45, 2.75) is 13.0 Å². The maximum absolute atomic E-state index is 12.9. The summed E-state index contributed by atoms with van der Waals surface area (Å²) in [6.07, 6.45) is -2.83. The van der Waals surface area contributed by atoms with Crippen molar-refractivity contribution >= 4 is 5.82 Å². The average Bonchev–Trinajstić information content (AvgIpc) is 2.09.